The Bertz CT molecular complexity index is 641. The maximum absolute atomic E-state index is 11.8. The molecule has 31 heavy (non-hydrogen) atoms. The molecule has 1 aliphatic rings. The van der Waals surface area contributed by atoms with Crippen LogP contribution in [-0.2, 0) is 47.6 Å². The number of ether oxygens (including phenoxy) is 6. The largest absolute Gasteiger partial charge is 0.463 e. The summed E-state index contributed by atoms with van der Waals surface area (Å²) in [6, 6.07) is -1.01. The maximum Gasteiger partial charge on any atom is 0.303 e. The molecule has 1 amide bonds. The van der Waals surface area contributed by atoms with Crippen LogP contribution < -0.4 is 5.32 Å². The van der Waals surface area contributed by atoms with Gasteiger partial charge in [0.05, 0.1) is 26.4 Å². The van der Waals surface area contributed by atoms with Crippen LogP contribution in [0.3, 0.4) is 0 Å². The predicted molar refractivity (Wildman–Crippen MR) is 105 cm³/mol. The summed E-state index contributed by atoms with van der Waals surface area (Å²) in [6.07, 6.45) is -4.44. The zero-order chi connectivity index (χ0) is 23.4. The van der Waals surface area contributed by atoms with E-state index in [9.17, 15) is 19.2 Å². The van der Waals surface area contributed by atoms with Crippen LogP contribution in [0.5, 0.6) is 0 Å². The molecular weight excluding hydrogens is 416 g/mol. The smallest absolute Gasteiger partial charge is 0.303 e. The third kappa shape index (κ3) is 9.85. The highest BCUT2D eigenvalue weighted by Crippen LogP contribution is 2.28. The Balaban J connectivity index is 3.08. The van der Waals surface area contributed by atoms with Crippen molar-refractivity contribution in [3.63, 3.8) is 0 Å². The summed E-state index contributed by atoms with van der Waals surface area (Å²) in [7, 11) is 0. The highest BCUT2D eigenvalue weighted by molar-refractivity contribution is 5.73. The number of hydrogen-bond donors (Lipinski definition) is 1. The minimum absolute atomic E-state index is 0.0726. The topological polar surface area (TPSA) is 148 Å². The second kappa shape index (κ2) is 13.7. The minimum atomic E-state index is -1.16. The normalized spacial score (nSPS) is 25.2. The van der Waals surface area contributed by atoms with Gasteiger partial charge >= 0.3 is 17.9 Å². The number of hydrogen-bond acceptors (Lipinski definition) is 11. The van der Waals surface area contributed by atoms with Crippen molar-refractivity contribution in [3.8, 4) is 0 Å². The minimum Gasteiger partial charge on any atom is -0.463 e. The summed E-state index contributed by atoms with van der Waals surface area (Å²) < 4.78 is 32.5. The Labute approximate surface area is 180 Å². The summed E-state index contributed by atoms with van der Waals surface area (Å²) >= 11 is 0. The zero-order valence-electron chi connectivity index (χ0n) is 18.2. The Morgan fingerprint density at radius 1 is 0.935 bits per heavy atom. The summed E-state index contributed by atoms with van der Waals surface area (Å²) in [5.74, 6) is -2.39. The van der Waals surface area contributed by atoms with E-state index in [1.165, 1.54) is 27.7 Å². The van der Waals surface area contributed by atoms with Crippen LogP contribution in [0.2, 0.25) is 0 Å². The van der Waals surface area contributed by atoms with Gasteiger partial charge in [-0.15, -0.1) is 0 Å². The van der Waals surface area contributed by atoms with E-state index in [0.29, 0.717) is 13.2 Å². The van der Waals surface area contributed by atoms with Crippen LogP contribution in [0, 0.1) is 0 Å². The number of rotatable bonds is 12. The summed E-state index contributed by atoms with van der Waals surface area (Å²) in [5.41, 5.74) is 0. The molecule has 1 fully saturated rings. The standard InChI is InChI=1S/C19H30N2O10/c1-11(22)21-16-18(30-14(4)25)17(29-13(3)24)15(10-28-12(2)23)31-19(16)27-9-8-26-7-6-20-5/h15-19H,5-10H2,1-4H3,(H,21,22). The summed E-state index contributed by atoms with van der Waals surface area (Å²) in [4.78, 5) is 50.1. The number of aliphatic imine (C=N–C) groups is 1. The van der Waals surface area contributed by atoms with Crippen LogP contribution in [-0.4, -0.2) is 94.1 Å². The van der Waals surface area contributed by atoms with E-state index in [1.54, 1.807) is 0 Å². The Hall–Kier alpha value is -2.57. The average Bonchev–Trinajstić information content (AvgIpc) is 2.66. The van der Waals surface area contributed by atoms with Crippen molar-refractivity contribution in [1.82, 2.24) is 5.32 Å². The molecule has 5 unspecified atom stereocenters. The highest BCUT2D eigenvalue weighted by Gasteiger charge is 2.51. The molecular formula is C19H30N2O10. The number of carbonyl (C=O) groups excluding carboxylic acids is 4. The molecule has 0 spiro atoms. The third-order valence-electron chi connectivity index (χ3n) is 3.97. The number of esters is 3. The monoisotopic (exact) mass is 446 g/mol. The molecule has 0 aliphatic carbocycles. The van der Waals surface area contributed by atoms with Gasteiger partial charge in [-0.25, -0.2) is 0 Å². The molecule has 1 heterocycles. The van der Waals surface area contributed by atoms with Crippen LogP contribution in [0.4, 0.5) is 0 Å². The summed E-state index contributed by atoms with van der Waals surface area (Å²) in [6.45, 7) is 8.92. The Morgan fingerprint density at radius 3 is 2.13 bits per heavy atom. The molecule has 1 rings (SSSR count). The first-order chi connectivity index (χ1) is 14.6. The van der Waals surface area contributed by atoms with Gasteiger partial charge < -0.3 is 33.7 Å². The van der Waals surface area contributed by atoms with E-state index in [2.05, 4.69) is 17.0 Å². The van der Waals surface area contributed by atoms with Gasteiger partial charge in [0.2, 0.25) is 5.91 Å². The molecule has 0 aromatic heterocycles. The number of carbonyl (C=O) groups is 4. The lowest BCUT2D eigenvalue weighted by Gasteiger charge is -2.44. The average molecular weight is 446 g/mol. The van der Waals surface area contributed by atoms with Gasteiger partial charge in [-0.05, 0) is 6.72 Å². The van der Waals surface area contributed by atoms with Crippen molar-refractivity contribution in [1.29, 1.82) is 0 Å². The van der Waals surface area contributed by atoms with Gasteiger partial charge in [0, 0.05) is 27.7 Å². The van der Waals surface area contributed by atoms with Gasteiger partial charge in [0.25, 0.3) is 0 Å². The second-order valence-electron chi connectivity index (χ2n) is 6.65. The van der Waals surface area contributed by atoms with Crippen molar-refractivity contribution in [2.75, 3.05) is 33.0 Å². The second-order valence-corrected chi connectivity index (χ2v) is 6.65. The fourth-order valence-electron chi connectivity index (χ4n) is 2.89. The summed E-state index contributed by atoms with van der Waals surface area (Å²) in [5, 5.41) is 2.61. The molecule has 1 N–H and O–H groups in total. The number of nitrogens with zero attached hydrogens (tertiary/aromatic N) is 1. The molecule has 12 nitrogen and oxygen atoms in total. The molecule has 0 aromatic rings. The van der Waals surface area contributed by atoms with E-state index in [4.69, 9.17) is 28.4 Å². The van der Waals surface area contributed by atoms with Crippen molar-refractivity contribution in [2.24, 2.45) is 4.99 Å². The lowest BCUT2D eigenvalue weighted by atomic mass is 9.96. The zero-order valence-corrected chi connectivity index (χ0v) is 18.2. The first kappa shape index (κ1) is 26.5. The fourth-order valence-corrected chi connectivity index (χ4v) is 2.89. The van der Waals surface area contributed by atoms with Crippen LogP contribution in [0.15, 0.2) is 4.99 Å². The molecule has 0 aromatic carbocycles. The van der Waals surface area contributed by atoms with E-state index in [0.717, 1.165) is 0 Å². The SMILES string of the molecule is C=NCCOCCOC1OC(COC(C)=O)C(OC(C)=O)C(OC(C)=O)C1NC(C)=O. The first-order valence-corrected chi connectivity index (χ1v) is 9.67. The predicted octanol–water partition coefficient (Wildman–Crippen LogP) is -0.624. The van der Waals surface area contributed by atoms with Gasteiger partial charge in [0.15, 0.2) is 18.5 Å². The molecule has 0 radical (unpaired) electrons. The van der Waals surface area contributed by atoms with E-state index in [-0.39, 0.29) is 19.8 Å². The van der Waals surface area contributed by atoms with E-state index >= 15 is 0 Å². The first-order valence-electron chi connectivity index (χ1n) is 9.67. The molecule has 0 bridgehead atoms. The molecule has 1 saturated heterocycles. The van der Waals surface area contributed by atoms with Crippen molar-refractivity contribution in [2.45, 2.75) is 58.3 Å². The van der Waals surface area contributed by atoms with Gasteiger partial charge in [-0.2, -0.15) is 0 Å². The number of amides is 1. The molecule has 5 atom stereocenters. The lowest BCUT2D eigenvalue weighted by Crippen LogP contribution is -2.66. The molecule has 12 heteroatoms. The Morgan fingerprint density at radius 2 is 1.58 bits per heavy atom. The van der Waals surface area contributed by atoms with Gasteiger partial charge in [0.1, 0.15) is 18.8 Å². The van der Waals surface area contributed by atoms with Crippen LogP contribution in [0.25, 0.3) is 0 Å². The van der Waals surface area contributed by atoms with Crippen LogP contribution >= 0.6 is 0 Å². The van der Waals surface area contributed by atoms with E-state index < -0.39 is 54.5 Å². The molecule has 176 valence electrons. The van der Waals surface area contributed by atoms with Crippen LogP contribution in [0.1, 0.15) is 27.7 Å². The van der Waals surface area contributed by atoms with Gasteiger partial charge in [-0.1, -0.05) is 0 Å². The van der Waals surface area contributed by atoms with E-state index in [1.807, 2.05) is 0 Å². The van der Waals surface area contributed by atoms with Crippen molar-refractivity contribution in [3.05, 3.63) is 0 Å². The highest BCUT2D eigenvalue weighted by atomic mass is 16.7. The lowest BCUT2D eigenvalue weighted by molar-refractivity contribution is -0.279. The maximum atomic E-state index is 11.8. The third-order valence-corrected chi connectivity index (χ3v) is 3.97. The Kier molecular flexibility index (Phi) is 11.7. The van der Waals surface area contributed by atoms with Gasteiger partial charge in [-0.3, -0.25) is 24.2 Å². The number of nitrogens with one attached hydrogen (secondary N) is 1. The quantitative estimate of drug-likeness (QED) is 0.178. The van der Waals surface area contributed by atoms with Crippen molar-refractivity contribution >= 4 is 30.5 Å². The molecule has 1 aliphatic heterocycles. The van der Waals surface area contributed by atoms with Crippen molar-refractivity contribution < 1.29 is 47.6 Å². The fraction of sp³-hybridized carbons (Fsp3) is 0.737. The molecule has 0 saturated carbocycles.